The Hall–Kier alpha value is -1.77. The van der Waals surface area contributed by atoms with Crippen LogP contribution in [-0.4, -0.2) is 9.55 Å². The highest BCUT2D eigenvalue weighted by molar-refractivity contribution is 5.21. The number of rotatable bonds is 4. The van der Waals surface area contributed by atoms with Gasteiger partial charge in [-0.15, -0.1) is 0 Å². The molecule has 2 N–H and O–H groups in total. The molecule has 2 rings (SSSR count). The smallest absolute Gasteiger partial charge is 0.200 e. The zero-order valence-electron chi connectivity index (χ0n) is 9.56. The van der Waals surface area contributed by atoms with Crippen molar-refractivity contribution < 1.29 is 0 Å². The van der Waals surface area contributed by atoms with Gasteiger partial charge in [-0.3, -0.25) is 0 Å². The van der Waals surface area contributed by atoms with Gasteiger partial charge in [0.05, 0.1) is 5.69 Å². The number of aromatic nitrogens is 2. The van der Waals surface area contributed by atoms with E-state index in [9.17, 15) is 0 Å². The summed E-state index contributed by atoms with van der Waals surface area (Å²) < 4.78 is 2.01. The summed E-state index contributed by atoms with van der Waals surface area (Å²) >= 11 is 0. The number of nitrogens with two attached hydrogens (primary N) is 1. The maximum absolute atomic E-state index is 5.77. The van der Waals surface area contributed by atoms with Gasteiger partial charge < -0.3 is 10.3 Å². The number of anilines is 1. The largest absolute Gasteiger partial charge is 0.369 e. The Kier molecular flexibility index (Phi) is 3.25. The van der Waals surface area contributed by atoms with E-state index in [0.29, 0.717) is 5.95 Å². The van der Waals surface area contributed by atoms with E-state index in [1.54, 1.807) is 0 Å². The molecule has 0 unspecified atom stereocenters. The van der Waals surface area contributed by atoms with Crippen molar-refractivity contribution in [3.8, 4) is 0 Å². The minimum absolute atomic E-state index is 0.616. The summed E-state index contributed by atoms with van der Waals surface area (Å²) in [6, 6.07) is 10.5. The maximum atomic E-state index is 5.77. The van der Waals surface area contributed by atoms with Gasteiger partial charge in [0.2, 0.25) is 0 Å². The molecule has 16 heavy (non-hydrogen) atoms. The van der Waals surface area contributed by atoms with E-state index in [2.05, 4.69) is 29.2 Å². The van der Waals surface area contributed by atoms with Gasteiger partial charge in [0.25, 0.3) is 0 Å². The lowest BCUT2D eigenvalue weighted by Crippen LogP contribution is -2.03. The Morgan fingerprint density at radius 1 is 1.25 bits per heavy atom. The fraction of sp³-hybridized carbons (Fsp3) is 0.308. The van der Waals surface area contributed by atoms with Crippen molar-refractivity contribution in [2.75, 3.05) is 5.73 Å². The molecule has 2 aromatic rings. The van der Waals surface area contributed by atoms with Gasteiger partial charge in [-0.1, -0.05) is 30.3 Å². The molecule has 0 saturated heterocycles. The minimum Gasteiger partial charge on any atom is -0.369 e. The number of hydrogen-bond acceptors (Lipinski definition) is 2. The second-order valence-corrected chi connectivity index (χ2v) is 4.02. The molecule has 0 aliphatic carbocycles. The first-order chi connectivity index (χ1) is 7.75. The predicted octanol–water partition coefficient (Wildman–Crippen LogP) is 2.41. The topological polar surface area (TPSA) is 43.8 Å². The van der Waals surface area contributed by atoms with Crippen LogP contribution < -0.4 is 5.73 Å². The second kappa shape index (κ2) is 4.84. The van der Waals surface area contributed by atoms with Crippen LogP contribution in [0.2, 0.25) is 0 Å². The van der Waals surface area contributed by atoms with Gasteiger partial charge in [0, 0.05) is 12.7 Å². The zero-order valence-corrected chi connectivity index (χ0v) is 9.56. The molecular weight excluding hydrogens is 198 g/mol. The number of aryl methyl sites for hydroxylation is 3. The van der Waals surface area contributed by atoms with E-state index in [0.717, 1.165) is 25.1 Å². The van der Waals surface area contributed by atoms with Gasteiger partial charge in [-0.05, 0) is 25.3 Å². The van der Waals surface area contributed by atoms with E-state index in [1.165, 1.54) is 5.56 Å². The molecule has 1 heterocycles. The standard InChI is InChI=1S/C13H17N3/c1-11-10-16(13(14)15-11)9-5-8-12-6-3-2-4-7-12/h2-4,6-7,10H,5,8-9H2,1H3,(H2,14,15). The Labute approximate surface area is 95.9 Å². The van der Waals surface area contributed by atoms with Crippen molar-refractivity contribution in [1.82, 2.24) is 9.55 Å². The average molecular weight is 215 g/mol. The first kappa shape index (κ1) is 10.7. The van der Waals surface area contributed by atoms with Gasteiger partial charge in [0.15, 0.2) is 5.95 Å². The summed E-state index contributed by atoms with van der Waals surface area (Å²) in [5, 5.41) is 0. The number of benzene rings is 1. The summed E-state index contributed by atoms with van der Waals surface area (Å²) in [4.78, 5) is 4.18. The van der Waals surface area contributed by atoms with Crippen molar-refractivity contribution in [2.24, 2.45) is 0 Å². The molecule has 3 heteroatoms. The molecule has 0 bridgehead atoms. The molecular formula is C13H17N3. The predicted molar refractivity (Wildman–Crippen MR) is 66.1 cm³/mol. The molecule has 1 aromatic carbocycles. The normalized spacial score (nSPS) is 10.6. The van der Waals surface area contributed by atoms with E-state index in [-0.39, 0.29) is 0 Å². The van der Waals surface area contributed by atoms with E-state index in [4.69, 9.17) is 5.73 Å². The van der Waals surface area contributed by atoms with Crippen LogP contribution in [0.1, 0.15) is 17.7 Å². The molecule has 0 fully saturated rings. The summed E-state index contributed by atoms with van der Waals surface area (Å²) in [5.74, 6) is 0.616. The lowest BCUT2D eigenvalue weighted by molar-refractivity contribution is 0.649. The summed E-state index contributed by atoms with van der Waals surface area (Å²) in [6.45, 7) is 2.89. The Balaban J connectivity index is 1.87. The molecule has 0 spiro atoms. The lowest BCUT2D eigenvalue weighted by Gasteiger charge is -2.04. The van der Waals surface area contributed by atoms with E-state index < -0.39 is 0 Å². The van der Waals surface area contributed by atoms with Gasteiger partial charge in [-0.25, -0.2) is 4.98 Å². The highest BCUT2D eigenvalue weighted by Crippen LogP contribution is 2.08. The van der Waals surface area contributed by atoms with Crippen LogP contribution in [0.25, 0.3) is 0 Å². The van der Waals surface area contributed by atoms with Gasteiger partial charge in [-0.2, -0.15) is 0 Å². The molecule has 0 saturated carbocycles. The fourth-order valence-corrected chi connectivity index (χ4v) is 1.84. The van der Waals surface area contributed by atoms with Crippen molar-refractivity contribution in [3.05, 3.63) is 47.8 Å². The van der Waals surface area contributed by atoms with Crippen molar-refractivity contribution in [3.63, 3.8) is 0 Å². The van der Waals surface area contributed by atoms with Crippen molar-refractivity contribution >= 4 is 5.95 Å². The van der Waals surface area contributed by atoms with Crippen LogP contribution >= 0.6 is 0 Å². The van der Waals surface area contributed by atoms with Crippen LogP contribution in [0.4, 0.5) is 5.95 Å². The molecule has 0 aliphatic heterocycles. The Bertz CT molecular complexity index is 445. The van der Waals surface area contributed by atoms with E-state index >= 15 is 0 Å². The molecule has 0 atom stereocenters. The summed E-state index contributed by atoms with van der Waals surface area (Å²) in [6.07, 6.45) is 4.17. The number of hydrogen-bond donors (Lipinski definition) is 1. The lowest BCUT2D eigenvalue weighted by atomic mass is 10.1. The highest BCUT2D eigenvalue weighted by Gasteiger charge is 2.00. The Morgan fingerprint density at radius 3 is 2.62 bits per heavy atom. The third-order valence-corrected chi connectivity index (χ3v) is 2.64. The molecule has 84 valence electrons. The van der Waals surface area contributed by atoms with Gasteiger partial charge in [0.1, 0.15) is 0 Å². The van der Waals surface area contributed by atoms with Crippen LogP contribution in [0.15, 0.2) is 36.5 Å². The molecule has 0 radical (unpaired) electrons. The van der Waals surface area contributed by atoms with E-state index in [1.807, 2.05) is 23.8 Å². The third kappa shape index (κ3) is 2.63. The average Bonchev–Trinajstić information content (AvgIpc) is 2.59. The number of imidazole rings is 1. The third-order valence-electron chi connectivity index (χ3n) is 2.64. The van der Waals surface area contributed by atoms with Gasteiger partial charge >= 0.3 is 0 Å². The first-order valence-electron chi connectivity index (χ1n) is 5.59. The fourth-order valence-electron chi connectivity index (χ4n) is 1.84. The summed E-state index contributed by atoms with van der Waals surface area (Å²) in [7, 11) is 0. The van der Waals surface area contributed by atoms with Crippen molar-refractivity contribution in [1.29, 1.82) is 0 Å². The number of nitrogen functional groups attached to an aromatic ring is 1. The number of nitrogens with zero attached hydrogens (tertiary/aromatic N) is 2. The quantitative estimate of drug-likeness (QED) is 0.851. The Morgan fingerprint density at radius 2 is 2.00 bits per heavy atom. The van der Waals surface area contributed by atoms with Crippen molar-refractivity contribution in [2.45, 2.75) is 26.3 Å². The first-order valence-corrected chi connectivity index (χ1v) is 5.59. The van der Waals surface area contributed by atoms with Crippen LogP contribution in [-0.2, 0) is 13.0 Å². The zero-order chi connectivity index (χ0) is 11.4. The minimum atomic E-state index is 0.616. The van der Waals surface area contributed by atoms with Crippen LogP contribution in [0, 0.1) is 6.92 Å². The van der Waals surface area contributed by atoms with Crippen LogP contribution in [0.5, 0.6) is 0 Å². The highest BCUT2D eigenvalue weighted by atomic mass is 15.1. The molecule has 1 aromatic heterocycles. The monoisotopic (exact) mass is 215 g/mol. The molecule has 0 aliphatic rings. The SMILES string of the molecule is Cc1cn(CCCc2ccccc2)c(N)n1. The maximum Gasteiger partial charge on any atom is 0.200 e. The van der Waals surface area contributed by atoms with Crippen LogP contribution in [0.3, 0.4) is 0 Å². The second-order valence-electron chi connectivity index (χ2n) is 4.02. The summed E-state index contributed by atoms with van der Waals surface area (Å²) in [5.41, 5.74) is 8.13. The molecule has 3 nitrogen and oxygen atoms in total. The molecule has 0 amide bonds.